The first-order valence-electron chi connectivity index (χ1n) is 13.7. The van der Waals surface area contributed by atoms with Crippen molar-refractivity contribution < 1.29 is 28.2 Å². The number of nitrogens with zero attached hydrogens (tertiary/aromatic N) is 2. The quantitative estimate of drug-likeness (QED) is 0.284. The number of aryl methyl sites for hydroxylation is 1. The zero-order valence-electron chi connectivity index (χ0n) is 22.9. The lowest BCUT2D eigenvalue weighted by atomic mass is 9.87. The van der Waals surface area contributed by atoms with E-state index < -0.39 is 12.0 Å². The van der Waals surface area contributed by atoms with Crippen LogP contribution in [0.3, 0.4) is 0 Å². The SMILES string of the molecule is COC(=O)C1CCC(OC(OC)(C(=O)C(Nc2ccccc2C)c2ccc3ncoc3c2)N2CCCC2)CC1. The van der Waals surface area contributed by atoms with Crippen LogP contribution in [0, 0.1) is 12.8 Å². The first-order chi connectivity index (χ1) is 18.9. The minimum Gasteiger partial charge on any atom is -0.469 e. The van der Waals surface area contributed by atoms with Gasteiger partial charge in [0, 0.05) is 25.9 Å². The second-order valence-corrected chi connectivity index (χ2v) is 10.4. The van der Waals surface area contributed by atoms with Gasteiger partial charge in [0.15, 0.2) is 12.0 Å². The van der Waals surface area contributed by atoms with E-state index in [2.05, 4.69) is 10.3 Å². The highest BCUT2D eigenvalue weighted by Gasteiger charge is 2.52. The largest absolute Gasteiger partial charge is 0.469 e. The minimum atomic E-state index is -1.59. The summed E-state index contributed by atoms with van der Waals surface area (Å²) < 4.78 is 23.3. The van der Waals surface area contributed by atoms with Crippen LogP contribution in [0.15, 0.2) is 53.3 Å². The molecule has 1 aromatic heterocycles. The average Bonchev–Trinajstić information content (AvgIpc) is 3.68. The van der Waals surface area contributed by atoms with Crippen LogP contribution in [-0.2, 0) is 23.8 Å². The van der Waals surface area contributed by atoms with E-state index in [-0.39, 0.29) is 23.8 Å². The summed E-state index contributed by atoms with van der Waals surface area (Å²) in [6, 6.07) is 12.7. The predicted octanol–water partition coefficient (Wildman–Crippen LogP) is 5.00. The van der Waals surface area contributed by atoms with E-state index in [0.717, 1.165) is 35.2 Å². The number of aromatic nitrogens is 1. The molecule has 9 heteroatoms. The molecule has 0 amide bonds. The Labute approximate surface area is 228 Å². The van der Waals surface area contributed by atoms with Crippen LogP contribution in [0.25, 0.3) is 11.1 Å². The third-order valence-electron chi connectivity index (χ3n) is 8.04. The van der Waals surface area contributed by atoms with E-state index in [1.165, 1.54) is 13.5 Å². The summed E-state index contributed by atoms with van der Waals surface area (Å²) in [5.41, 5.74) is 3.91. The van der Waals surface area contributed by atoms with Gasteiger partial charge in [-0.15, -0.1) is 0 Å². The Morgan fingerprint density at radius 3 is 2.51 bits per heavy atom. The number of carbonyl (C=O) groups is 2. The first-order valence-corrected chi connectivity index (χ1v) is 13.7. The molecule has 9 nitrogen and oxygen atoms in total. The summed E-state index contributed by atoms with van der Waals surface area (Å²) in [5.74, 6) is -2.15. The molecule has 2 aliphatic rings. The number of carbonyl (C=O) groups excluding carboxylic acids is 2. The van der Waals surface area contributed by atoms with Crippen LogP contribution in [0.5, 0.6) is 0 Å². The molecule has 208 valence electrons. The molecular formula is C30H37N3O6. The molecule has 1 saturated carbocycles. The molecule has 1 aliphatic heterocycles. The van der Waals surface area contributed by atoms with Crippen LogP contribution in [0.1, 0.15) is 55.7 Å². The van der Waals surface area contributed by atoms with Crippen molar-refractivity contribution in [1.82, 2.24) is 9.88 Å². The van der Waals surface area contributed by atoms with Gasteiger partial charge < -0.3 is 23.9 Å². The number of Topliss-reactive ketones (excluding diaryl/α,β-unsaturated/α-hetero) is 1. The molecular weight excluding hydrogens is 498 g/mol. The monoisotopic (exact) mass is 535 g/mol. The molecule has 1 N–H and O–H groups in total. The molecule has 2 unspecified atom stereocenters. The van der Waals surface area contributed by atoms with Crippen molar-refractivity contribution in [1.29, 1.82) is 0 Å². The first kappa shape index (κ1) is 27.3. The Balaban J connectivity index is 1.50. The Morgan fingerprint density at radius 1 is 1.08 bits per heavy atom. The molecule has 0 spiro atoms. The van der Waals surface area contributed by atoms with E-state index in [1.807, 2.05) is 54.3 Å². The highest BCUT2D eigenvalue weighted by atomic mass is 16.7. The second-order valence-electron chi connectivity index (χ2n) is 10.4. The maximum absolute atomic E-state index is 14.8. The molecule has 2 heterocycles. The number of anilines is 1. The predicted molar refractivity (Wildman–Crippen MR) is 146 cm³/mol. The molecule has 1 aliphatic carbocycles. The van der Waals surface area contributed by atoms with Crippen molar-refractivity contribution in [2.24, 2.45) is 5.92 Å². The van der Waals surface area contributed by atoms with Gasteiger partial charge in [0.1, 0.15) is 11.6 Å². The van der Waals surface area contributed by atoms with Crippen molar-refractivity contribution in [2.45, 2.75) is 63.5 Å². The number of benzene rings is 2. The van der Waals surface area contributed by atoms with Crippen LogP contribution < -0.4 is 5.32 Å². The fourth-order valence-corrected chi connectivity index (χ4v) is 5.81. The topological polar surface area (TPSA) is 103 Å². The van der Waals surface area contributed by atoms with Gasteiger partial charge in [0.25, 0.3) is 5.91 Å². The number of para-hydroxylation sites is 1. The number of likely N-dealkylation sites (tertiary alicyclic amines) is 1. The fourth-order valence-electron chi connectivity index (χ4n) is 5.81. The van der Waals surface area contributed by atoms with E-state index in [9.17, 15) is 9.59 Å². The van der Waals surface area contributed by atoms with Gasteiger partial charge in [-0.05, 0) is 74.8 Å². The minimum absolute atomic E-state index is 0.140. The van der Waals surface area contributed by atoms with Gasteiger partial charge >= 0.3 is 5.97 Å². The van der Waals surface area contributed by atoms with E-state index in [1.54, 1.807) is 7.11 Å². The number of rotatable bonds is 10. The van der Waals surface area contributed by atoms with Gasteiger partial charge in [-0.1, -0.05) is 24.3 Å². The number of ketones is 1. The smallest absolute Gasteiger partial charge is 0.308 e. The number of fused-ring (bicyclic) bond motifs is 1. The summed E-state index contributed by atoms with van der Waals surface area (Å²) >= 11 is 0. The van der Waals surface area contributed by atoms with Crippen LogP contribution >= 0.6 is 0 Å². The van der Waals surface area contributed by atoms with Crippen molar-refractivity contribution in [3.63, 3.8) is 0 Å². The summed E-state index contributed by atoms with van der Waals surface area (Å²) in [6.45, 7) is 3.38. The summed E-state index contributed by atoms with van der Waals surface area (Å²) in [7, 11) is 2.96. The highest BCUT2D eigenvalue weighted by Crippen LogP contribution is 2.38. The number of ether oxygens (including phenoxy) is 3. The second kappa shape index (κ2) is 11.9. The maximum Gasteiger partial charge on any atom is 0.308 e. The molecule has 0 bridgehead atoms. The molecule has 2 atom stereocenters. The lowest BCUT2D eigenvalue weighted by molar-refractivity contribution is -0.302. The third kappa shape index (κ3) is 5.57. The Bertz CT molecular complexity index is 1290. The highest BCUT2D eigenvalue weighted by molar-refractivity contribution is 5.94. The average molecular weight is 536 g/mol. The number of hydrogen-bond acceptors (Lipinski definition) is 9. The Hall–Kier alpha value is -3.27. The number of oxazole rings is 1. The summed E-state index contributed by atoms with van der Waals surface area (Å²) in [5, 5.41) is 3.49. The van der Waals surface area contributed by atoms with Crippen LogP contribution in [0.4, 0.5) is 5.69 Å². The molecule has 2 fully saturated rings. The Kier molecular flexibility index (Phi) is 8.30. The normalized spacial score (nSPS) is 22.3. The van der Waals surface area contributed by atoms with Crippen LogP contribution in [0.2, 0.25) is 0 Å². The molecule has 39 heavy (non-hydrogen) atoms. The van der Waals surface area contributed by atoms with Crippen molar-refractivity contribution in [3.05, 3.63) is 60.0 Å². The van der Waals surface area contributed by atoms with Gasteiger partial charge in [-0.2, -0.15) is 0 Å². The number of esters is 1. The van der Waals surface area contributed by atoms with Gasteiger partial charge in [0.2, 0.25) is 5.78 Å². The van der Waals surface area contributed by atoms with E-state index >= 15 is 0 Å². The molecule has 3 aromatic rings. The van der Waals surface area contributed by atoms with Crippen LogP contribution in [-0.4, -0.2) is 61.0 Å². The zero-order valence-corrected chi connectivity index (χ0v) is 22.9. The third-order valence-corrected chi connectivity index (χ3v) is 8.04. The van der Waals surface area contributed by atoms with Gasteiger partial charge in [-0.3, -0.25) is 9.59 Å². The molecule has 5 rings (SSSR count). The maximum atomic E-state index is 14.8. The number of hydrogen-bond donors (Lipinski definition) is 1. The van der Waals surface area contributed by atoms with Crippen molar-refractivity contribution in [3.8, 4) is 0 Å². The molecule has 1 saturated heterocycles. The summed E-state index contributed by atoms with van der Waals surface area (Å²) in [4.78, 5) is 33.1. The zero-order chi connectivity index (χ0) is 27.4. The fraction of sp³-hybridized carbons (Fsp3) is 0.500. The van der Waals surface area contributed by atoms with Crippen molar-refractivity contribution in [2.75, 3.05) is 32.6 Å². The standard InChI is InChI=1S/C30H37N3O6/c1-20-8-4-5-9-24(20)32-27(22-12-15-25-26(18-22)38-19-31-25)28(34)30(37-3,33-16-6-7-17-33)39-23-13-10-21(11-14-23)29(35)36-2/h4-5,8-9,12,15,18-19,21,23,27,32H,6-7,10-11,13-14,16-17H2,1-3H3. The van der Waals surface area contributed by atoms with Gasteiger partial charge in [-0.25, -0.2) is 9.88 Å². The Morgan fingerprint density at radius 2 is 1.82 bits per heavy atom. The molecule has 0 radical (unpaired) electrons. The number of methoxy groups -OCH3 is 2. The number of nitrogens with one attached hydrogen (secondary N) is 1. The van der Waals surface area contributed by atoms with E-state index in [0.29, 0.717) is 44.4 Å². The lowest BCUT2D eigenvalue weighted by Gasteiger charge is -2.43. The lowest BCUT2D eigenvalue weighted by Crippen LogP contribution is -2.61. The van der Waals surface area contributed by atoms with E-state index in [4.69, 9.17) is 18.6 Å². The van der Waals surface area contributed by atoms with Crippen molar-refractivity contribution >= 4 is 28.5 Å². The molecule has 2 aromatic carbocycles. The van der Waals surface area contributed by atoms with Gasteiger partial charge in [0.05, 0.1) is 19.1 Å². The summed E-state index contributed by atoms with van der Waals surface area (Å²) in [6.07, 6.45) is 5.67.